The number of nitrogens with one attached hydrogen (secondary N) is 1. The lowest BCUT2D eigenvalue weighted by atomic mass is 9.71. The Labute approximate surface area is 121 Å². The van der Waals surface area contributed by atoms with Crippen molar-refractivity contribution >= 4 is 11.9 Å². The van der Waals surface area contributed by atoms with Crippen molar-refractivity contribution in [3.63, 3.8) is 0 Å². The monoisotopic (exact) mass is 281 g/mol. The van der Waals surface area contributed by atoms with Crippen LogP contribution in [0.3, 0.4) is 0 Å². The summed E-state index contributed by atoms with van der Waals surface area (Å²) in [6, 6.07) is 0.180. The van der Waals surface area contributed by atoms with E-state index in [-0.39, 0.29) is 18.4 Å². The van der Waals surface area contributed by atoms with Gasteiger partial charge in [-0.25, -0.2) is 0 Å². The fourth-order valence-electron chi connectivity index (χ4n) is 3.88. The predicted molar refractivity (Wildman–Crippen MR) is 77.3 cm³/mol. The Kier molecular flexibility index (Phi) is 5.06. The van der Waals surface area contributed by atoms with Crippen LogP contribution >= 0.6 is 0 Å². The second kappa shape index (κ2) is 6.59. The topological polar surface area (TPSA) is 66.4 Å². The summed E-state index contributed by atoms with van der Waals surface area (Å²) in [4.78, 5) is 23.8. The van der Waals surface area contributed by atoms with Crippen molar-refractivity contribution in [1.29, 1.82) is 0 Å². The van der Waals surface area contributed by atoms with Gasteiger partial charge in [0.15, 0.2) is 0 Å². The lowest BCUT2D eigenvalue weighted by molar-refractivity contribution is -0.154. The lowest BCUT2D eigenvalue weighted by Crippen LogP contribution is -2.43. The van der Waals surface area contributed by atoms with Crippen molar-refractivity contribution in [1.82, 2.24) is 5.32 Å². The number of amides is 1. The van der Waals surface area contributed by atoms with Crippen molar-refractivity contribution in [2.75, 3.05) is 0 Å². The van der Waals surface area contributed by atoms with E-state index in [9.17, 15) is 14.7 Å². The number of carbonyl (C=O) groups is 2. The minimum atomic E-state index is -0.808. The summed E-state index contributed by atoms with van der Waals surface area (Å²) >= 11 is 0. The summed E-state index contributed by atoms with van der Waals surface area (Å²) in [5.41, 5.74) is -0.808. The van der Waals surface area contributed by atoms with Crippen molar-refractivity contribution in [2.24, 2.45) is 11.3 Å². The van der Waals surface area contributed by atoms with Gasteiger partial charge in [-0.05, 0) is 38.5 Å². The average molecular weight is 281 g/mol. The molecule has 114 valence electrons. The fourth-order valence-corrected chi connectivity index (χ4v) is 3.88. The maximum atomic E-state index is 12.2. The van der Waals surface area contributed by atoms with Gasteiger partial charge in [-0.1, -0.05) is 32.1 Å². The first-order valence-electron chi connectivity index (χ1n) is 8.06. The Bertz CT molecular complexity index is 355. The highest BCUT2D eigenvalue weighted by Gasteiger charge is 2.41. The number of aliphatic carboxylic acids is 1. The lowest BCUT2D eigenvalue weighted by Gasteiger charge is -2.33. The molecule has 2 fully saturated rings. The highest BCUT2D eigenvalue weighted by molar-refractivity contribution is 5.85. The molecule has 2 aliphatic carbocycles. The molecule has 0 aromatic carbocycles. The third-order valence-electron chi connectivity index (χ3n) is 5.26. The van der Waals surface area contributed by atoms with Crippen molar-refractivity contribution in [3.8, 4) is 0 Å². The zero-order valence-electron chi connectivity index (χ0n) is 12.5. The van der Waals surface area contributed by atoms with Gasteiger partial charge in [0, 0.05) is 12.5 Å². The molecule has 1 unspecified atom stereocenters. The molecule has 2 rings (SSSR count). The molecular formula is C16H27NO3. The maximum absolute atomic E-state index is 12.2. The molecule has 20 heavy (non-hydrogen) atoms. The van der Waals surface area contributed by atoms with Crippen LogP contribution in [0, 0.1) is 11.3 Å². The van der Waals surface area contributed by atoms with Gasteiger partial charge in [0.05, 0.1) is 5.41 Å². The molecule has 4 nitrogen and oxygen atoms in total. The van der Waals surface area contributed by atoms with E-state index in [0.717, 1.165) is 19.3 Å². The zero-order chi connectivity index (χ0) is 14.6. The SMILES string of the molecule is CC(NC(=O)CC1(C(=O)O)CCCCC1)C1CCCC1. The van der Waals surface area contributed by atoms with Crippen LogP contribution in [0.25, 0.3) is 0 Å². The van der Waals surface area contributed by atoms with Crippen molar-refractivity contribution < 1.29 is 14.7 Å². The molecule has 2 N–H and O–H groups in total. The van der Waals surface area contributed by atoms with Crippen LogP contribution in [0.1, 0.15) is 71.1 Å². The van der Waals surface area contributed by atoms with E-state index in [1.165, 1.54) is 25.7 Å². The first-order valence-corrected chi connectivity index (χ1v) is 8.06. The van der Waals surface area contributed by atoms with Crippen molar-refractivity contribution in [2.45, 2.75) is 77.2 Å². The molecule has 0 bridgehead atoms. The highest BCUT2D eigenvalue weighted by Crippen LogP contribution is 2.39. The van der Waals surface area contributed by atoms with Gasteiger partial charge in [-0.15, -0.1) is 0 Å². The number of carboxylic acid groups (broad SMARTS) is 1. The summed E-state index contributed by atoms with van der Waals surface area (Å²) in [6.07, 6.45) is 9.27. The van der Waals surface area contributed by atoms with E-state index in [1.807, 2.05) is 0 Å². The molecule has 0 spiro atoms. The van der Waals surface area contributed by atoms with E-state index in [0.29, 0.717) is 18.8 Å². The van der Waals surface area contributed by atoms with Crippen LogP contribution in [0.15, 0.2) is 0 Å². The molecule has 1 atom stereocenters. The van der Waals surface area contributed by atoms with Crippen LogP contribution in [0.2, 0.25) is 0 Å². The molecule has 2 saturated carbocycles. The molecular weight excluding hydrogens is 254 g/mol. The molecule has 2 aliphatic rings. The second-order valence-electron chi connectivity index (χ2n) is 6.72. The van der Waals surface area contributed by atoms with Crippen LogP contribution in [-0.4, -0.2) is 23.0 Å². The number of carboxylic acids is 1. The molecule has 1 amide bonds. The van der Waals surface area contributed by atoms with Crippen LogP contribution in [-0.2, 0) is 9.59 Å². The predicted octanol–water partition coefficient (Wildman–Crippen LogP) is 3.11. The van der Waals surface area contributed by atoms with Gasteiger partial charge >= 0.3 is 5.97 Å². The van der Waals surface area contributed by atoms with Crippen molar-refractivity contribution in [3.05, 3.63) is 0 Å². The van der Waals surface area contributed by atoms with Gasteiger partial charge < -0.3 is 10.4 Å². The Hall–Kier alpha value is -1.06. The van der Waals surface area contributed by atoms with Gasteiger partial charge in [-0.3, -0.25) is 9.59 Å². The first-order chi connectivity index (χ1) is 9.53. The first kappa shape index (κ1) is 15.3. The Morgan fingerprint density at radius 1 is 1.15 bits per heavy atom. The van der Waals surface area contributed by atoms with E-state index in [2.05, 4.69) is 12.2 Å². The summed E-state index contributed by atoms with van der Waals surface area (Å²) in [6.45, 7) is 2.06. The molecule has 4 heteroatoms. The summed E-state index contributed by atoms with van der Waals surface area (Å²) < 4.78 is 0. The number of carbonyl (C=O) groups excluding carboxylic acids is 1. The third kappa shape index (κ3) is 3.53. The minimum Gasteiger partial charge on any atom is -0.481 e. The van der Waals surface area contributed by atoms with E-state index >= 15 is 0 Å². The number of rotatable bonds is 5. The third-order valence-corrected chi connectivity index (χ3v) is 5.26. The quantitative estimate of drug-likeness (QED) is 0.813. The second-order valence-corrected chi connectivity index (χ2v) is 6.72. The van der Waals surface area contributed by atoms with Crippen LogP contribution in [0.5, 0.6) is 0 Å². The van der Waals surface area contributed by atoms with Gasteiger partial charge in [0.2, 0.25) is 5.91 Å². The van der Waals surface area contributed by atoms with E-state index < -0.39 is 11.4 Å². The Morgan fingerprint density at radius 3 is 2.30 bits per heavy atom. The summed E-state index contributed by atoms with van der Waals surface area (Å²) in [7, 11) is 0. The number of hydrogen-bond donors (Lipinski definition) is 2. The normalized spacial score (nSPS) is 24.2. The van der Waals surface area contributed by atoms with E-state index in [1.54, 1.807) is 0 Å². The molecule has 0 radical (unpaired) electrons. The smallest absolute Gasteiger partial charge is 0.310 e. The molecule has 0 aromatic heterocycles. The highest BCUT2D eigenvalue weighted by atomic mass is 16.4. The minimum absolute atomic E-state index is 0.0753. The fraction of sp³-hybridized carbons (Fsp3) is 0.875. The standard InChI is InChI=1S/C16H27NO3/c1-12(13-7-3-4-8-13)17-14(18)11-16(15(19)20)9-5-2-6-10-16/h12-13H,2-11H2,1H3,(H,17,18)(H,19,20). The zero-order valence-corrected chi connectivity index (χ0v) is 12.5. The maximum Gasteiger partial charge on any atom is 0.310 e. The van der Waals surface area contributed by atoms with Crippen LogP contribution in [0.4, 0.5) is 0 Å². The van der Waals surface area contributed by atoms with Gasteiger partial charge in [0.1, 0.15) is 0 Å². The summed E-state index contributed by atoms with van der Waals surface area (Å²) in [5, 5.41) is 12.5. The molecule has 0 heterocycles. The molecule has 0 saturated heterocycles. The van der Waals surface area contributed by atoms with Crippen LogP contribution < -0.4 is 5.32 Å². The molecule has 0 aromatic rings. The summed E-state index contributed by atoms with van der Waals surface area (Å²) in [5.74, 6) is -0.291. The Balaban J connectivity index is 1.89. The van der Waals surface area contributed by atoms with Gasteiger partial charge in [-0.2, -0.15) is 0 Å². The number of hydrogen-bond acceptors (Lipinski definition) is 2. The largest absolute Gasteiger partial charge is 0.481 e. The van der Waals surface area contributed by atoms with E-state index in [4.69, 9.17) is 0 Å². The van der Waals surface area contributed by atoms with Gasteiger partial charge in [0.25, 0.3) is 0 Å². The molecule has 0 aliphatic heterocycles. The Morgan fingerprint density at radius 2 is 1.75 bits per heavy atom. The average Bonchev–Trinajstić information content (AvgIpc) is 2.93.